The predicted octanol–water partition coefficient (Wildman–Crippen LogP) is 1.63. The molecule has 1 saturated heterocycles. The van der Waals surface area contributed by atoms with Crippen molar-refractivity contribution in [2.24, 2.45) is 0 Å². The summed E-state index contributed by atoms with van der Waals surface area (Å²) in [6.07, 6.45) is 7.00. The van der Waals surface area contributed by atoms with Gasteiger partial charge in [-0.05, 0) is 25.7 Å². The minimum absolute atomic E-state index is 0.486. The number of ether oxygens (including phenoxy) is 1. The van der Waals surface area contributed by atoms with Crippen molar-refractivity contribution in [2.75, 3.05) is 26.7 Å². The van der Waals surface area contributed by atoms with Gasteiger partial charge in [-0.15, -0.1) is 0 Å². The van der Waals surface area contributed by atoms with Crippen LogP contribution in [-0.2, 0) is 4.74 Å². The number of hydrogen-bond donors (Lipinski definition) is 1. The Hall–Kier alpha value is -0.120. The molecule has 1 aliphatic heterocycles. The molecule has 0 radical (unpaired) electrons. The van der Waals surface area contributed by atoms with E-state index in [1.165, 1.54) is 45.2 Å². The molecule has 0 aromatic heterocycles. The second kappa shape index (κ2) is 5.99. The standard InChI is InChI=1S/C13H26N2O/c1-3-5-11-10-15(9-8-14-11)12-6-4-7-13(12)16-2/h11-14H,3-10H2,1-2H3. The van der Waals surface area contributed by atoms with E-state index in [1.54, 1.807) is 0 Å². The van der Waals surface area contributed by atoms with E-state index in [4.69, 9.17) is 4.74 Å². The Labute approximate surface area is 99.5 Å². The number of hydrogen-bond acceptors (Lipinski definition) is 3. The van der Waals surface area contributed by atoms with Gasteiger partial charge < -0.3 is 10.1 Å². The molecule has 16 heavy (non-hydrogen) atoms. The Morgan fingerprint density at radius 2 is 2.25 bits per heavy atom. The van der Waals surface area contributed by atoms with Gasteiger partial charge in [-0.25, -0.2) is 0 Å². The molecular weight excluding hydrogens is 200 g/mol. The van der Waals surface area contributed by atoms with Crippen LogP contribution in [0.2, 0.25) is 0 Å². The molecule has 1 heterocycles. The Morgan fingerprint density at radius 3 is 3.00 bits per heavy atom. The molecule has 3 nitrogen and oxygen atoms in total. The maximum absolute atomic E-state index is 5.61. The molecule has 0 aromatic rings. The molecule has 1 aliphatic carbocycles. The molecule has 3 unspecified atom stereocenters. The smallest absolute Gasteiger partial charge is 0.0726 e. The van der Waals surface area contributed by atoms with Crippen LogP contribution in [0.3, 0.4) is 0 Å². The summed E-state index contributed by atoms with van der Waals surface area (Å²) in [4.78, 5) is 2.66. The zero-order valence-electron chi connectivity index (χ0n) is 10.7. The second-order valence-corrected chi connectivity index (χ2v) is 5.21. The first-order valence-electron chi connectivity index (χ1n) is 6.85. The lowest BCUT2D eigenvalue weighted by Crippen LogP contribution is -2.55. The summed E-state index contributed by atoms with van der Waals surface area (Å²) in [7, 11) is 1.87. The molecule has 1 saturated carbocycles. The monoisotopic (exact) mass is 226 g/mol. The summed E-state index contributed by atoms with van der Waals surface area (Å²) in [5.41, 5.74) is 0. The van der Waals surface area contributed by atoms with Crippen molar-refractivity contribution in [3.8, 4) is 0 Å². The number of nitrogens with one attached hydrogen (secondary N) is 1. The summed E-state index contributed by atoms with van der Waals surface area (Å²) < 4.78 is 5.61. The molecule has 3 atom stereocenters. The fraction of sp³-hybridized carbons (Fsp3) is 1.00. The molecule has 0 aromatic carbocycles. The van der Waals surface area contributed by atoms with Crippen LogP contribution in [0, 0.1) is 0 Å². The average molecular weight is 226 g/mol. The first-order valence-corrected chi connectivity index (χ1v) is 6.85. The van der Waals surface area contributed by atoms with Crippen molar-refractivity contribution in [3.05, 3.63) is 0 Å². The van der Waals surface area contributed by atoms with E-state index in [9.17, 15) is 0 Å². The summed E-state index contributed by atoms with van der Waals surface area (Å²) >= 11 is 0. The zero-order valence-corrected chi connectivity index (χ0v) is 10.7. The van der Waals surface area contributed by atoms with Gasteiger partial charge in [0.2, 0.25) is 0 Å². The maximum atomic E-state index is 5.61. The van der Waals surface area contributed by atoms with Crippen LogP contribution < -0.4 is 5.32 Å². The highest BCUT2D eigenvalue weighted by Gasteiger charge is 2.34. The summed E-state index contributed by atoms with van der Waals surface area (Å²) in [5, 5.41) is 3.62. The van der Waals surface area contributed by atoms with Gasteiger partial charge >= 0.3 is 0 Å². The molecule has 0 amide bonds. The summed E-state index contributed by atoms with van der Waals surface area (Å²) in [5.74, 6) is 0. The van der Waals surface area contributed by atoms with Gasteiger partial charge in [-0.3, -0.25) is 4.90 Å². The Kier molecular flexibility index (Phi) is 4.62. The van der Waals surface area contributed by atoms with E-state index in [0.717, 1.165) is 6.54 Å². The first-order chi connectivity index (χ1) is 7.85. The van der Waals surface area contributed by atoms with Crippen LogP contribution >= 0.6 is 0 Å². The lowest BCUT2D eigenvalue weighted by molar-refractivity contribution is 0.0205. The van der Waals surface area contributed by atoms with Crippen LogP contribution in [0.25, 0.3) is 0 Å². The molecular formula is C13H26N2O. The van der Waals surface area contributed by atoms with Gasteiger partial charge in [0, 0.05) is 38.8 Å². The van der Waals surface area contributed by atoms with E-state index < -0.39 is 0 Å². The molecule has 2 rings (SSSR count). The van der Waals surface area contributed by atoms with E-state index in [-0.39, 0.29) is 0 Å². The third-order valence-corrected chi connectivity index (χ3v) is 4.11. The Morgan fingerprint density at radius 1 is 1.38 bits per heavy atom. The quantitative estimate of drug-likeness (QED) is 0.788. The fourth-order valence-electron chi connectivity index (χ4n) is 3.29. The normalized spacial score (nSPS) is 36.8. The summed E-state index contributed by atoms with van der Waals surface area (Å²) in [6.45, 7) is 5.84. The highest BCUT2D eigenvalue weighted by Crippen LogP contribution is 2.27. The largest absolute Gasteiger partial charge is 0.380 e. The fourth-order valence-corrected chi connectivity index (χ4v) is 3.29. The van der Waals surface area contributed by atoms with Crippen molar-refractivity contribution < 1.29 is 4.74 Å². The SMILES string of the molecule is CCCC1CN(C2CCCC2OC)CCN1. The average Bonchev–Trinajstić information content (AvgIpc) is 2.78. The number of nitrogens with zero attached hydrogens (tertiary/aromatic N) is 1. The van der Waals surface area contributed by atoms with Crippen LogP contribution in [0.1, 0.15) is 39.0 Å². The van der Waals surface area contributed by atoms with Gasteiger partial charge in [-0.1, -0.05) is 13.3 Å². The van der Waals surface area contributed by atoms with Gasteiger partial charge in [0.15, 0.2) is 0 Å². The molecule has 2 aliphatic rings. The van der Waals surface area contributed by atoms with Crippen molar-refractivity contribution in [1.29, 1.82) is 0 Å². The van der Waals surface area contributed by atoms with E-state index in [2.05, 4.69) is 17.1 Å². The van der Waals surface area contributed by atoms with Crippen LogP contribution in [-0.4, -0.2) is 49.8 Å². The lowest BCUT2D eigenvalue weighted by Gasteiger charge is -2.39. The number of piperazine rings is 1. The van der Waals surface area contributed by atoms with Crippen LogP contribution in [0.4, 0.5) is 0 Å². The molecule has 0 spiro atoms. The molecule has 94 valence electrons. The van der Waals surface area contributed by atoms with Gasteiger partial charge in [-0.2, -0.15) is 0 Å². The predicted molar refractivity (Wildman–Crippen MR) is 66.7 cm³/mol. The highest BCUT2D eigenvalue weighted by molar-refractivity contribution is 4.90. The van der Waals surface area contributed by atoms with Gasteiger partial charge in [0.25, 0.3) is 0 Å². The third kappa shape index (κ3) is 2.76. The van der Waals surface area contributed by atoms with Gasteiger partial charge in [0.05, 0.1) is 6.10 Å². The number of methoxy groups -OCH3 is 1. The zero-order chi connectivity index (χ0) is 11.4. The molecule has 3 heteroatoms. The first kappa shape index (κ1) is 12.3. The van der Waals surface area contributed by atoms with Crippen LogP contribution in [0.5, 0.6) is 0 Å². The minimum atomic E-state index is 0.486. The highest BCUT2D eigenvalue weighted by atomic mass is 16.5. The van der Waals surface area contributed by atoms with Crippen molar-refractivity contribution in [1.82, 2.24) is 10.2 Å². The molecule has 2 fully saturated rings. The maximum Gasteiger partial charge on any atom is 0.0726 e. The molecule has 0 bridgehead atoms. The molecule has 1 N–H and O–H groups in total. The van der Waals surface area contributed by atoms with E-state index >= 15 is 0 Å². The van der Waals surface area contributed by atoms with Gasteiger partial charge in [0.1, 0.15) is 0 Å². The van der Waals surface area contributed by atoms with Crippen molar-refractivity contribution in [3.63, 3.8) is 0 Å². The van der Waals surface area contributed by atoms with Crippen molar-refractivity contribution in [2.45, 2.75) is 57.2 Å². The van der Waals surface area contributed by atoms with E-state index in [1.807, 2.05) is 7.11 Å². The Bertz CT molecular complexity index is 208. The van der Waals surface area contributed by atoms with E-state index in [0.29, 0.717) is 18.2 Å². The topological polar surface area (TPSA) is 24.5 Å². The Balaban J connectivity index is 1.88. The number of rotatable bonds is 4. The second-order valence-electron chi connectivity index (χ2n) is 5.21. The minimum Gasteiger partial charge on any atom is -0.380 e. The lowest BCUT2D eigenvalue weighted by atomic mass is 10.1. The van der Waals surface area contributed by atoms with Crippen LogP contribution in [0.15, 0.2) is 0 Å². The third-order valence-electron chi connectivity index (χ3n) is 4.11. The van der Waals surface area contributed by atoms with Crippen molar-refractivity contribution >= 4 is 0 Å². The summed E-state index contributed by atoms with van der Waals surface area (Å²) in [6, 6.07) is 1.39.